The van der Waals surface area contributed by atoms with E-state index in [1.165, 1.54) is 0 Å². The quantitative estimate of drug-likeness (QED) is 0.478. The number of hydrogen-bond donors (Lipinski definition) is 2. The summed E-state index contributed by atoms with van der Waals surface area (Å²) in [6.45, 7) is 0. The van der Waals surface area contributed by atoms with Crippen LogP contribution in [0.3, 0.4) is 0 Å². The highest BCUT2D eigenvalue weighted by atomic mass is 32.2. The van der Waals surface area contributed by atoms with Crippen LogP contribution < -0.4 is 10.0 Å². The Labute approximate surface area is 189 Å². The lowest BCUT2D eigenvalue weighted by molar-refractivity contribution is 0.0846. The fourth-order valence-corrected chi connectivity index (χ4v) is 4.28. The average Bonchev–Trinajstić information content (AvgIpc) is 2.77. The average molecular weight is 453 g/mol. The third kappa shape index (κ3) is 8.17. The van der Waals surface area contributed by atoms with E-state index >= 15 is 0 Å². The van der Waals surface area contributed by atoms with Gasteiger partial charge in [0, 0.05) is 5.69 Å². The first-order valence-electron chi connectivity index (χ1n) is 10.5. The van der Waals surface area contributed by atoms with Crippen molar-refractivity contribution in [2.24, 2.45) is 0 Å². The molecular weight excluding hydrogens is 424 g/mol. The van der Waals surface area contributed by atoms with Gasteiger partial charge in [-0.2, -0.15) is 0 Å². The minimum absolute atomic E-state index is 0.395. The first-order valence-corrected chi connectivity index (χ1v) is 12.4. The zero-order chi connectivity index (χ0) is 22.8. The highest BCUT2D eigenvalue weighted by Gasteiger charge is 2.28. The lowest BCUT2D eigenvalue weighted by Gasteiger charge is -2.28. The van der Waals surface area contributed by atoms with Gasteiger partial charge in [-0.15, -0.1) is 0 Å². The number of para-hydroxylation sites is 1. The van der Waals surface area contributed by atoms with E-state index in [2.05, 4.69) is 10.0 Å². The van der Waals surface area contributed by atoms with Crippen LogP contribution in [0, 0.1) is 0 Å². The highest BCUT2D eigenvalue weighted by Crippen LogP contribution is 2.17. The predicted octanol–water partition coefficient (Wildman–Crippen LogP) is 4.40. The first-order chi connectivity index (χ1) is 15.4. The van der Waals surface area contributed by atoms with Crippen molar-refractivity contribution in [3.05, 3.63) is 102 Å². The topological polar surface area (TPSA) is 84.5 Å². The largest absolute Gasteiger partial charge is 0.444 e. The molecule has 0 radical (unpaired) electrons. The molecule has 168 valence electrons. The second-order valence-corrected chi connectivity index (χ2v) is 9.43. The van der Waals surface area contributed by atoms with E-state index in [1.807, 2.05) is 78.9 Å². The van der Waals surface area contributed by atoms with Gasteiger partial charge in [-0.1, -0.05) is 78.9 Å². The van der Waals surface area contributed by atoms with Gasteiger partial charge in [-0.25, -0.2) is 17.9 Å². The summed E-state index contributed by atoms with van der Waals surface area (Å²) < 4.78 is 32.7. The second-order valence-electron chi connectivity index (χ2n) is 7.65. The molecule has 2 unspecified atom stereocenters. The molecule has 7 heteroatoms. The van der Waals surface area contributed by atoms with E-state index in [-0.39, 0.29) is 0 Å². The van der Waals surface area contributed by atoms with Gasteiger partial charge >= 0.3 is 6.09 Å². The van der Waals surface area contributed by atoms with Crippen LogP contribution in [0.25, 0.3) is 0 Å². The number of anilines is 1. The molecule has 0 saturated carbocycles. The number of rotatable bonds is 10. The predicted molar refractivity (Wildman–Crippen MR) is 127 cm³/mol. The van der Waals surface area contributed by atoms with Crippen molar-refractivity contribution in [2.75, 3.05) is 11.6 Å². The molecule has 0 aliphatic carbocycles. The summed E-state index contributed by atoms with van der Waals surface area (Å²) in [5.74, 6) is 0. The number of carbonyl (C=O) groups is 1. The Bertz CT molecular complexity index is 1070. The molecular formula is C25H28N2O4S. The molecule has 3 aromatic rings. The maximum atomic E-state index is 12.6. The normalized spacial score (nSPS) is 13.2. The van der Waals surface area contributed by atoms with Gasteiger partial charge in [0.25, 0.3) is 0 Å². The maximum absolute atomic E-state index is 12.6. The minimum Gasteiger partial charge on any atom is -0.444 e. The summed E-state index contributed by atoms with van der Waals surface area (Å²) >= 11 is 0. The number of sulfonamides is 1. The Morgan fingerprint density at radius 1 is 0.844 bits per heavy atom. The molecule has 0 heterocycles. The molecule has 32 heavy (non-hydrogen) atoms. The molecule has 6 nitrogen and oxygen atoms in total. The number of carbonyl (C=O) groups excluding carboxylic acids is 1. The van der Waals surface area contributed by atoms with Crippen LogP contribution in [0.4, 0.5) is 10.5 Å². The number of benzene rings is 3. The Morgan fingerprint density at radius 3 is 1.94 bits per heavy atom. The number of ether oxygens (including phenoxy) is 1. The Hall–Kier alpha value is -3.16. The van der Waals surface area contributed by atoms with E-state index in [9.17, 15) is 13.2 Å². The lowest BCUT2D eigenvalue weighted by Crippen LogP contribution is -2.47. The third-order valence-corrected chi connectivity index (χ3v) is 5.68. The van der Waals surface area contributed by atoms with E-state index in [4.69, 9.17) is 4.74 Å². The van der Waals surface area contributed by atoms with Gasteiger partial charge < -0.3 is 4.74 Å². The molecule has 0 aliphatic rings. The molecule has 0 bridgehead atoms. The van der Waals surface area contributed by atoms with E-state index in [0.717, 1.165) is 17.4 Å². The molecule has 3 aromatic carbocycles. The number of nitrogens with one attached hydrogen (secondary N) is 2. The van der Waals surface area contributed by atoms with Gasteiger partial charge in [0.15, 0.2) is 0 Å². The molecule has 0 aromatic heterocycles. The Morgan fingerprint density at radius 2 is 1.38 bits per heavy atom. The number of amides is 1. The Balaban J connectivity index is 1.80. The number of hydrogen-bond acceptors (Lipinski definition) is 4. The van der Waals surface area contributed by atoms with Crippen LogP contribution in [0.2, 0.25) is 0 Å². The standard InChI is InChI=1S/C25H28N2O4S/c1-32(29,30)27-23(19-21-13-7-3-8-14-21)24(18-17-20-11-5-2-6-12-20)31-25(28)26-22-15-9-4-10-16-22/h2-16,23-24,27H,17-19H2,1H3,(H,26,28). The van der Waals surface area contributed by atoms with Crippen LogP contribution >= 0.6 is 0 Å². The van der Waals surface area contributed by atoms with Gasteiger partial charge in [0.2, 0.25) is 10.0 Å². The molecule has 0 spiro atoms. The summed E-state index contributed by atoms with van der Waals surface area (Å²) in [4.78, 5) is 12.6. The van der Waals surface area contributed by atoms with Crippen molar-refractivity contribution in [3.63, 3.8) is 0 Å². The van der Waals surface area contributed by atoms with Crippen molar-refractivity contribution in [3.8, 4) is 0 Å². The van der Waals surface area contributed by atoms with Crippen LogP contribution in [0.1, 0.15) is 17.5 Å². The summed E-state index contributed by atoms with van der Waals surface area (Å²) in [5.41, 5.74) is 2.64. The summed E-state index contributed by atoms with van der Waals surface area (Å²) in [6.07, 6.45) is 1.32. The van der Waals surface area contributed by atoms with Crippen molar-refractivity contribution >= 4 is 21.8 Å². The minimum atomic E-state index is -3.53. The van der Waals surface area contributed by atoms with Crippen LogP contribution in [-0.2, 0) is 27.6 Å². The van der Waals surface area contributed by atoms with E-state index < -0.39 is 28.3 Å². The zero-order valence-corrected chi connectivity index (χ0v) is 18.8. The molecule has 2 N–H and O–H groups in total. The fraction of sp³-hybridized carbons (Fsp3) is 0.240. The van der Waals surface area contributed by atoms with Gasteiger partial charge in [-0.3, -0.25) is 5.32 Å². The van der Waals surface area contributed by atoms with Gasteiger partial charge in [0.1, 0.15) is 6.10 Å². The van der Waals surface area contributed by atoms with Crippen molar-refractivity contribution < 1.29 is 17.9 Å². The van der Waals surface area contributed by atoms with E-state index in [0.29, 0.717) is 24.9 Å². The fourth-order valence-electron chi connectivity index (χ4n) is 3.49. The van der Waals surface area contributed by atoms with E-state index in [1.54, 1.807) is 12.1 Å². The van der Waals surface area contributed by atoms with Crippen LogP contribution in [-0.4, -0.2) is 32.9 Å². The van der Waals surface area contributed by atoms with Gasteiger partial charge in [0.05, 0.1) is 12.3 Å². The molecule has 1 amide bonds. The smallest absolute Gasteiger partial charge is 0.411 e. The molecule has 2 atom stereocenters. The SMILES string of the molecule is CS(=O)(=O)NC(Cc1ccccc1)C(CCc1ccccc1)OC(=O)Nc1ccccc1. The van der Waals surface area contributed by atoms with Crippen molar-refractivity contribution in [1.29, 1.82) is 0 Å². The molecule has 0 aliphatic heterocycles. The lowest BCUT2D eigenvalue weighted by atomic mass is 9.97. The maximum Gasteiger partial charge on any atom is 0.411 e. The van der Waals surface area contributed by atoms with Crippen molar-refractivity contribution in [1.82, 2.24) is 4.72 Å². The monoisotopic (exact) mass is 452 g/mol. The summed E-state index contributed by atoms with van der Waals surface area (Å²) in [5, 5.41) is 2.71. The third-order valence-electron chi connectivity index (χ3n) is 4.95. The van der Waals surface area contributed by atoms with Crippen LogP contribution in [0.15, 0.2) is 91.0 Å². The Kier molecular flexibility index (Phi) is 8.41. The summed E-state index contributed by atoms with van der Waals surface area (Å²) in [7, 11) is -3.53. The molecule has 0 saturated heterocycles. The van der Waals surface area contributed by atoms with Crippen molar-refractivity contribution in [2.45, 2.75) is 31.4 Å². The highest BCUT2D eigenvalue weighted by molar-refractivity contribution is 7.88. The second kappa shape index (κ2) is 11.5. The molecule has 3 rings (SSSR count). The summed E-state index contributed by atoms with van der Waals surface area (Å²) in [6, 6.07) is 27.8. The van der Waals surface area contributed by atoms with Crippen LogP contribution in [0.5, 0.6) is 0 Å². The number of aryl methyl sites for hydroxylation is 1. The first kappa shape index (κ1) is 23.5. The zero-order valence-electron chi connectivity index (χ0n) is 18.0. The molecule has 0 fully saturated rings. The van der Waals surface area contributed by atoms with Gasteiger partial charge in [-0.05, 0) is 42.5 Å².